The number of halogens is 1. The maximum Gasteiger partial charge on any atom is 0.254 e. The topological polar surface area (TPSA) is 55.6 Å². The van der Waals surface area contributed by atoms with Gasteiger partial charge in [0.25, 0.3) is 5.91 Å². The van der Waals surface area contributed by atoms with E-state index in [0.717, 1.165) is 10.7 Å². The third kappa shape index (κ3) is 2.56. The molecule has 0 saturated carbocycles. The van der Waals surface area contributed by atoms with Crippen molar-refractivity contribution in [3.63, 3.8) is 0 Å². The van der Waals surface area contributed by atoms with Gasteiger partial charge in [0.2, 0.25) is 0 Å². The Morgan fingerprint density at radius 1 is 1.39 bits per heavy atom. The molecular weight excluding hydrogens is 338 g/mol. The molecule has 1 aromatic rings. The summed E-state index contributed by atoms with van der Waals surface area (Å²) < 4.78 is 11.0. The summed E-state index contributed by atoms with van der Waals surface area (Å²) in [5, 5.41) is 1.38. The fourth-order valence-electron chi connectivity index (χ4n) is 2.92. The fraction of sp³-hybridized carbons (Fsp3) is 0.467. The standard InChI is InChI=1S/C15H16ClN3O3S/c1-18-8-17-14-19(9-18)13(20)15(23-14)6-21-12(22-7-15)10-4-2-3-5-11(10)16/h2-5,12H,6-9H2,1H3/p+1. The van der Waals surface area contributed by atoms with E-state index >= 15 is 0 Å². The van der Waals surface area contributed by atoms with Crippen LogP contribution in [0, 0.1) is 0 Å². The molecule has 1 amide bonds. The molecule has 3 heterocycles. The van der Waals surface area contributed by atoms with Crippen LogP contribution in [0.15, 0.2) is 29.3 Å². The number of nitrogens with zero attached hydrogens (tertiary/aromatic N) is 2. The fourth-order valence-corrected chi connectivity index (χ4v) is 4.34. The molecule has 2 fully saturated rings. The highest BCUT2D eigenvalue weighted by Crippen LogP contribution is 2.43. The number of carbonyl (C=O) groups is 1. The maximum atomic E-state index is 12.8. The normalized spacial score (nSPS) is 33.7. The number of ether oxygens (including phenoxy) is 2. The van der Waals surface area contributed by atoms with Crippen molar-refractivity contribution >= 4 is 34.4 Å². The van der Waals surface area contributed by atoms with Gasteiger partial charge in [-0.25, -0.2) is 9.89 Å². The van der Waals surface area contributed by atoms with Crippen LogP contribution in [0.5, 0.6) is 0 Å². The largest absolute Gasteiger partial charge is 0.346 e. The van der Waals surface area contributed by atoms with E-state index in [1.165, 1.54) is 16.7 Å². The number of thioether (sulfide) groups is 1. The zero-order valence-electron chi connectivity index (χ0n) is 12.6. The summed E-state index contributed by atoms with van der Waals surface area (Å²) in [5.74, 6) is 0.0258. The average molecular weight is 355 g/mol. The molecule has 2 saturated heterocycles. The molecule has 0 radical (unpaired) electrons. The molecule has 0 aromatic heterocycles. The molecule has 3 aliphatic rings. The van der Waals surface area contributed by atoms with E-state index in [-0.39, 0.29) is 5.91 Å². The Labute approximate surface area is 143 Å². The summed E-state index contributed by atoms with van der Waals surface area (Å²) in [6.07, 6.45) is -0.532. The van der Waals surface area contributed by atoms with E-state index in [2.05, 4.69) is 4.99 Å². The first-order valence-corrected chi connectivity index (χ1v) is 8.63. The lowest BCUT2D eigenvalue weighted by molar-refractivity contribution is -0.888. The van der Waals surface area contributed by atoms with Crippen molar-refractivity contribution in [3.8, 4) is 0 Å². The van der Waals surface area contributed by atoms with Crippen LogP contribution in [0.25, 0.3) is 0 Å². The van der Waals surface area contributed by atoms with E-state index in [0.29, 0.717) is 31.6 Å². The van der Waals surface area contributed by atoms with Gasteiger partial charge in [-0.3, -0.25) is 4.79 Å². The second kappa shape index (κ2) is 5.75. The number of hydrogen-bond acceptors (Lipinski definition) is 5. The van der Waals surface area contributed by atoms with Crippen LogP contribution in [0.4, 0.5) is 0 Å². The van der Waals surface area contributed by atoms with Gasteiger partial charge in [-0.2, -0.15) is 0 Å². The lowest BCUT2D eigenvalue weighted by atomic mass is 10.1. The first kappa shape index (κ1) is 15.4. The average Bonchev–Trinajstić information content (AvgIpc) is 2.82. The number of aliphatic imine (C=N–C) groups is 1. The predicted octanol–water partition coefficient (Wildman–Crippen LogP) is 0.499. The number of quaternary nitrogens is 1. The molecule has 1 N–H and O–H groups in total. The lowest BCUT2D eigenvalue weighted by Gasteiger charge is -2.34. The second-order valence-corrected chi connectivity index (χ2v) is 7.78. The van der Waals surface area contributed by atoms with Crippen molar-refractivity contribution in [1.29, 1.82) is 0 Å². The first-order valence-electron chi connectivity index (χ1n) is 7.43. The summed E-state index contributed by atoms with van der Waals surface area (Å²) in [6.45, 7) is 1.91. The first-order chi connectivity index (χ1) is 11.1. The van der Waals surface area contributed by atoms with E-state index in [1.807, 2.05) is 25.2 Å². The molecule has 1 atom stereocenters. The molecule has 1 unspecified atom stereocenters. The number of hydrogen-bond donors (Lipinski definition) is 1. The maximum absolute atomic E-state index is 12.8. The van der Waals surface area contributed by atoms with E-state index in [9.17, 15) is 4.79 Å². The molecular formula is C15H17ClN3O3S+. The molecule has 23 heavy (non-hydrogen) atoms. The quantitative estimate of drug-likeness (QED) is 0.798. The van der Waals surface area contributed by atoms with Gasteiger partial charge >= 0.3 is 0 Å². The predicted molar refractivity (Wildman–Crippen MR) is 87.3 cm³/mol. The minimum atomic E-state index is -0.721. The zero-order valence-corrected chi connectivity index (χ0v) is 14.2. The highest BCUT2D eigenvalue weighted by molar-refractivity contribution is 8.16. The van der Waals surface area contributed by atoms with Crippen molar-refractivity contribution in [3.05, 3.63) is 34.9 Å². The van der Waals surface area contributed by atoms with Crippen LogP contribution in [0.2, 0.25) is 5.02 Å². The van der Waals surface area contributed by atoms with Crippen LogP contribution in [0.3, 0.4) is 0 Å². The van der Waals surface area contributed by atoms with Gasteiger partial charge in [0.1, 0.15) is 4.75 Å². The number of benzene rings is 1. The Morgan fingerprint density at radius 3 is 2.87 bits per heavy atom. The SMILES string of the molecule is C[NH+]1CN=C2SC3(COC(c4ccccc4Cl)OC3)C(=O)N2C1. The summed E-state index contributed by atoms with van der Waals surface area (Å²) in [7, 11) is 2.02. The van der Waals surface area contributed by atoms with Gasteiger partial charge in [-0.15, -0.1) is 0 Å². The molecule has 8 heteroatoms. The molecule has 4 rings (SSSR count). The van der Waals surface area contributed by atoms with Gasteiger partial charge in [-0.05, 0) is 6.07 Å². The number of nitrogens with one attached hydrogen (secondary N) is 1. The van der Waals surface area contributed by atoms with Crippen LogP contribution in [-0.2, 0) is 14.3 Å². The molecule has 122 valence electrons. The smallest absolute Gasteiger partial charge is 0.254 e. The number of carbonyl (C=O) groups excluding carboxylic acids is 1. The summed E-state index contributed by atoms with van der Waals surface area (Å²) >= 11 is 7.65. The number of fused-ring (bicyclic) bond motifs is 1. The van der Waals surface area contributed by atoms with Crippen molar-refractivity contribution in [2.45, 2.75) is 11.0 Å². The summed E-state index contributed by atoms with van der Waals surface area (Å²) in [5.41, 5.74) is 0.790. The molecule has 3 aliphatic heterocycles. The second-order valence-electron chi connectivity index (χ2n) is 6.02. The van der Waals surface area contributed by atoms with Crippen molar-refractivity contribution in [2.24, 2.45) is 4.99 Å². The van der Waals surface area contributed by atoms with Gasteiger partial charge in [-0.1, -0.05) is 41.6 Å². The van der Waals surface area contributed by atoms with Crippen molar-refractivity contribution in [1.82, 2.24) is 4.90 Å². The van der Waals surface area contributed by atoms with Crippen LogP contribution >= 0.6 is 23.4 Å². The molecule has 0 aliphatic carbocycles. The van der Waals surface area contributed by atoms with E-state index in [4.69, 9.17) is 21.1 Å². The molecule has 0 bridgehead atoms. The Bertz CT molecular complexity index is 676. The van der Waals surface area contributed by atoms with E-state index in [1.54, 1.807) is 11.0 Å². The molecule has 1 aromatic carbocycles. The lowest BCUT2D eigenvalue weighted by Crippen LogP contribution is -3.11. The zero-order chi connectivity index (χ0) is 16.0. The Morgan fingerprint density at radius 2 is 2.13 bits per heavy atom. The van der Waals surface area contributed by atoms with Gasteiger partial charge in [0.15, 0.2) is 24.8 Å². The summed E-state index contributed by atoms with van der Waals surface area (Å²) in [6, 6.07) is 7.43. The number of rotatable bonds is 1. The summed E-state index contributed by atoms with van der Waals surface area (Å²) in [4.78, 5) is 20.2. The van der Waals surface area contributed by atoms with Crippen LogP contribution < -0.4 is 4.90 Å². The molecule has 6 nitrogen and oxygen atoms in total. The van der Waals surface area contributed by atoms with Crippen molar-refractivity contribution < 1.29 is 19.2 Å². The monoisotopic (exact) mass is 354 g/mol. The van der Waals surface area contributed by atoms with Gasteiger partial charge < -0.3 is 14.4 Å². The number of amidine groups is 1. The van der Waals surface area contributed by atoms with Crippen LogP contribution in [0.1, 0.15) is 11.9 Å². The third-order valence-electron chi connectivity index (χ3n) is 4.16. The third-order valence-corrected chi connectivity index (χ3v) is 5.84. The Balaban J connectivity index is 1.52. The highest BCUT2D eigenvalue weighted by Gasteiger charge is 2.56. The van der Waals surface area contributed by atoms with Crippen molar-refractivity contribution in [2.75, 3.05) is 33.6 Å². The molecule has 1 spiro atoms. The van der Waals surface area contributed by atoms with E-state index < -0.39 is 11.0 Å². The highest BCUT2D eigenvalue weighted by atomic mass is 35.5. The number of amides is 1. The minimum Gasteiger partial charge on any atom is -0.346 e. The Kier molecular flexibility index (Phi) is 3.85. The Hall–Kier alpha value is -1.12. The van der Waals surface area contributed by atoms with Gasteiger partial charge in [0, 0.05) is 10.6 Å². The van der Waals surface area contributed by atoms with Crippen LogP contribution in [-0.4, -0.2) is 54.3 Å². The van der Waals surface area contributed by atoms with Gasteiger partial charge in [0.05, 0.1) is 20.3 Å². The minimum absolute atomic E-state index is 0.0258.